The highest BCUT2D eigenvalue weighted by molar-refractivity contribution is 7.92. The summed E-state index contributed by atoms with van der Waals surface area (Å²) in [7, 11) is 0. The van der Waals surface area contributed by atoms with Gasteiger partial charge in [-0.1, -0.05) is 42.5 Å². The van der Waals surface area contributed by atoms with Crippen molar-refractivity contribution in [3.05, 3.63) is 91.2 Å². The van der Waals surface area contributed by atoms with Crippen LogP contribution >= 0.6 is 0 Å². The van der Waals surface area contributed by atoms with E-state index >= 15 is 0 Å². The van der Waals surface area contributed by atoms with E-state index in [0.29, 0.717) is 22.8 Å². The first kappa shape index (κ1) is 20.8. The number of carbonyl (C=O) groups excluding carboxylic acids is 1. The molecule has 1 aliphatic heterocycles. The summed E-state index contributed by atoms with van der Waals surface area (Å²) in [5.41, 5.74) is 3.27. The first-order valence-corrected chi connectivity index (χ1v) is 11.1. The summed E-state index contributed by atoms with van der Waals surface area (Å²) < 4.78 is 21.3. The molecule has 0 bridgehead atoms. The quantitative estimate of drug-likeness (QED) is 0.462. The molecule has 0 saturated heterocycles. The van der Waals surface area contributed by atoms with Crippen LogP contribution in [0.4, 0.5) is 16.2 Å². The maximum absolute atomic E-state index is 13.0. The molecule has 31 heavy (non-hydrogen) atoms. The molecule has 1 aliphatic rings. The van der Waals surface area contributed by atoms with E-state index in [-0.39, 0.29) is 12.1 Å². The van der Waals surface area contributed by atoms with Gasteiger partial charge in [-0.15, -0.1) is 0 Å². The Balaban J connectivity index is 1.35. The Morgan fingerprint density at radius 1 is 0.968 bits per heavy atom. The Morgan fingerprint density at radius 2 is 1.68 bits per heavy atom. The zero-order valence-electron chi connectivity index (χ0n) is 16.8. The van der Waals surface area contributed by atoms with Crippen LogP contribution in [0.5, 0.6) is 0 Å². The Morgan fingerprint density at radius 3 is 2.42 bits per heavy atom. The molecule has 0 fully saturated rings. The van der Waals surface area contributed by atoms with Crippen molar-refractivity contribution < 1.29 is 14.1 Å². The second-order valence-electron chi connectivity index (χ2n) is 7.01. The lowest BCUT2D eigenvalue weighted by molar-refractivity contribution is 0.168. The molecule has 158 valence electrons. The molecule has 3 aromatic carbocycles. The van der Waals surface area contributed by atoms with E-state index in [1.165, 1.54) is 0 Å². The summed E-state index contributed by atoms with van der Waals surface area (Å²) in [6.45, 7) is 0.443. The van der Waals surface area contributed by atoms with E-state index < -0.39 is 11.4 Å². The van der Waals surface area contributed by atoms with Crippen molar-refractivity contribution in [1.29, 1.82) is 0 Å². The number of carbonyl (C=O) groups is 1. The Bertz CT molecular complexity index is 1030. The van der Waals surface area contributed by atoms with Crippen LogP contribution in [0.2, 0.25) is 0 Å². The summed E-state index contributed by atoms with van der Waals surface area (Å²) in [5, 5.41) is 5.56. The molecule has 0 saturated carbocycles. The van der Waals surface area contributed by atoms with Gasteiger partial charge in [0.05, 0.1) is 18.5 Å². The summed E-state index contributed by atoms with van der Waals surface area (Å²) in [4.78, 5) is 12.7. The van der Waals surface area contributed by atoms with Gasteiger partial charge in [0.15, 0.2) is 4.90 Å². The van der Waals surface area contributed by atoms with Gasteiger partial charge >= 0.3 is 6.03 Å². The Hall–Kier alpha value is -3.42. The van der Waals surface area contributed by atoms with Gasteiger partial charge < -0.3 is 19.9 Å². The van der Waals surface area contributed by atoms with Gasteiger partial charge in [-0.25, -0.2) is 9.52 Å². The molecule has 0 spiro atoms. The lowest BCUT2D eigenvalue weighted by Crippen LogP contribution is -2.35. The smallest absolute Gasteiger partial charge is 0.319 e. The van der Waals surface area contributed by atoms with Gasteiger partial charge in [0.1, 0.15) is 17.5 Å². The summed E-state index contributed by atoms with van der Waals surface area (Å²) in [6.07, 6.45) is 4.37. The van der Waals surface area contributed by atoms with Gasteiger partial charge in [-0.05, 0) is 48.0 Å². The fourth-order valence-corrected chi connectivity index (χ4v) is 4.26. The molecule has 3 N–H and O–H groups in total. The van der Waals surface area contributed by atoms with Crippen molar-refractivity contribution in [2.75, 3.05) is 16.6 Å². The second-order valence-corrected chi connectivity index (χ2v) is 8.19. The van der Waals surface area contributed by atoms with E-state index in [1.54, 1.807) is 30.5 Å². The third-order valence-electron chi connectivity index (χ3n) is 4.78. The molecule has 1 heterocycles. The van der Waals surface area contributed by atoms with Crippen molar-refractivity contribution in [2.24, 2.45) is 0 Å². The van der Waals surface area contributed by atoms with Gasteiger partial charge in [-0.2, -0.15) is 0 Å². The standard InChI is InChI=1S/C24H23N3O3S/c28-24(25-17-21-9-6-16-30-21)26-19-12-14-20(15-13-19)27-31(29)23-11-5-4-10-22(23)18-7-2-1-3-8-18/h1-8,10-16,21,27H,9,17H2,(H2,25,26,28). The molecule has 2 unspecified atom stereocenters. The molecule has 0 aromatic heterocycles. The van der Waals surface area contributed by atoms with Crippen LogP contribution in [0.15, 0.2) is 96.1 Å². The SMILES string of the molecule is O=C(NCC1CC=CO1)Nc1ccc(N[S+]([O-])c2ccccc2-c2ccccc2)cc1. The van der Waals surface area contributed by atoms with Gasteiger partial charge in [0.25, 0.3) is 0 Å². The molecular formula is C24H23N3O3S. The minimum absolute atomic E-state index is 0.00827. The van der Waals surface area contributed by atoms with Crippen molar-refractivity contribution in [3.8, 4) is 11.1 Å². The van der Waals surface area contributed by atoms with E-state index in [9.17, 15) is 9.35 Å². The number of anilines is 2. The number of benzene rings is 3. The summed E-state index contributed by atoms with van der Waals surface area (Å²) >= 11 is -1.44. The molecule has 0 aliphatic carbocycles. The van der Waals surface area contributed by atoms with Crippen LogP contribution in [-0.2, 0) is 16.1 Å². The third-order valence-corrected chi connectivity index (χ3v) is 5.96. The Labute approximate surface area is 184 Å². The monoisotopic (exact) mass is 433 g/mol. The van der Waals surface area contributed by atoms with Crippen molar-refractivity contribution in [1.82, 2.24) is 5.32 Å². The minimum atomic E-state index is -1.44. The molecule has 0 radical (unpaired) electrons. The topological polar surface area (TPSA) is 85.5 Å². The normalized spacial score (nSPS) is 15.7. The molecule has 2 atom stereocenters. The molecular weight excluding hydrogens is 410 g/mol. The fourth-order valence-electron chi connectivity index (χ4n) is 3.21. The van der Waals surface area contributed by atoms with Gasteiger partial charge in [0.2, 0.25) is 0 Å². The van der Waals surface area contributed by atoms with Crippen molar-refractivity contribution >= 4 is 28.8 Å². The number of urea groups is 1. The van der Waals surface area contributed by atoms with Crippen LogP contribution in [0, 0.1) is 0 Å². The predicted molar refractivity (Wildman–Crippen MR) is 124 cm³/mol. The Kier molecular flexibility index (Phi) is 6.76. The van der Waals surface area contributed by atoms with Crippen molar-refractivity contribution in [2.45, 2.75) is 17.4 Å². The minimum Gasteiger partial charge on any atom is -0.588 e. The predicted octanol–water partition coefficient (Wildman–Crippen LogP) is 4.91. The molecule has 2 amide bonds. The average molecular weight is 434 g/mol. The van der Waals surface area contributed by atoms with Crippen LogP contribution < -0.4 is 15.4 Å². The highest BCUT2D eigenvalue weighted by atomic mass is 32.2. The van der Waals surface area contributed by atoms with Gasteiger partial charge in [0, 0.05) is 17.7 Å². The number of amides is 2. The fraction of sp³-hybridized carbons (Fsp3) is 0.125. The zero-order chi connectivity index (χ0) is 21.5. The number of nitrogens with one attached hydrogen (secondary N) is 3. The molecule has 6 nitrogen and oxygen atoms in total. The van der Waals surface area contributed by atoms with Crippen LogP contribution in [-0.4, -0.2) is 23.2 Å². The first-order valence-electron chi connectivity index (χ1n) is 9.97. The molecule has 7 heteroatoms. The largest absolute Gasteiger partial charge is 0.588 e. The molecule has 4 rings (SSSR count). The highest BCUT2D eigenvalue weighted by Crippen LogP contribution is 2.28. The number of hydrogen-bond donors (Lipinski definition) is 3. The number of rotatable bonds is 7. The van der Waals surface area contributed by atoms with Gasteiger partial charge in [-0.3, -0.25) is 0 Å². The van der Waals surface area contributed by atoms with E-state index in [2.05, 4.69) is 15.4 Å². The third kappa shape index (κ3) is 5.59. The lowest BCUT2D eigenvalue weighted by Gasteiger charge is -2.15. The summed E-state index contributed by atoms with van der Waals surface area (Å²) in [5.74, 6) is 0. The maximum Gasteiger partial charge on any atom is 0.319 e. The van der Waals surface area contributed by atoms with E-state index in [4.69, 9.17) is 4.74 Å². The van der Waals surface area contributed by atoms with Crippen LogP contribution in [0.1, 0.15) is 6.42 Å². The van der Waals surface area contributed by atoms with Crippen LogP contribution in [0.25, 0.3) is 11.1 Å². The van der Waals surface area contributed by atoms with E-state index in [1.807, 2.05) is 60.7 Å². The second kappa shape index (κ2) is 10.1. The number of hydrogen-bond acceptors (Lipinski definition) is 4. The van der Waals surface area contributed by atoms with Crippen LogP contribution in [0.3, 0.4) is 0 Å². The van der Waals surface area contributed by atoms with Crippen molar-refractivity contribution in [3.63, 3.8) is 0 Å². The lowest BCUT2D eigenvalue weighted by atomic mass is 10.1. The highest BCUT2D eigenvalue weighted by Gasteiger charge is 2.18. The first-order chi connectivity index (χ1) is 15.2. The number of ether oxygens (including phenoxy) is 1. The molecule has 3 aromatic rings. The zero-order valence-corrected chi connectivity index (χ0v) is 17.6. The maximum atomic E-state index is 13.0. The van der Waals surface area contributed by atoms with E-state index in [0.717, 1.165) is 17.5 Å². The average Bonchev–Trinajstić information content (AvgIpc) is 3.33. The summed E-state index contributed by atoms with van der Waals surface area (Å²) in [6, 6.07) is 24.3.